The normalized spacial score (nSPS) is 29.0. The minimum atomic E-state index is -0.304. The van der Waals surface area contributed by atoms with E-state index in [2.05, 4.69) is 5.32 Å². The fourth-order valence-corrected chi connectivity index (χ4v) is 3.58. The van der Waals surface area contributed by atoms with Crippen molar-refractivity contribution < 1.29 is 14.6 Å². The van der Waals surface area contributed by atoms with Gasteiger partial charge in [-0.25, -0.2) is 0 Å². The van der Waals surface area contributed by atoms with Gasteiger partial charge in [0.1, 0.15) is 6.10 Å². The number of ether oxygens (including phenoxy) is 1. The lowest BCUT2D eigenvalue weighted by molar-refractivity contribution is -0.138. The smallest absolute Gasteiger partial charge is 0.249 e. The Morgan fingerprint density at radius 1 is 1.19 bits per heavy atom. The first-order chi connectivity index (χ1) is 10.2. The van der Waals surface area contributed by atoms with Crippen molar-refractivity contribution in [1.82, 2.24) is 5.32 Å². The molecular formula is C17H31NO3. The summed E-state index contributed by atoms with van der Waals surface area (Å²) in [5.41, 5.74) is 0. The summed E-state index contributed by atoms with van der Waals surface area (Å²) in [7, 11) is 0. The number of amides is 1. The molecular weight excluding hydrogens is 266 g/mol. The van der Waals surface area contributed by atoms with E-state index < -0.39 is 0 Å². The van der Waals surface area contributed by atoms with Gasteiger partial charge in [0.15, 0.2) is 0 Å². The lowest BCUT2D eigenvalue weighted by atomic mass is 9.87. The molecule has 0 radical (unpaired) electrons. The summed E-state index contributed by atoms with van der Waals surface area (Å²) in [5.74, 6) is 0.452. The molecule has 4 nitrogen and oxygen atoms in total. The molecule has 2 rings (SSSR count). The van der Waals surface area contributed by atoms with Gasteiger partial charge in [-0.3, -0.25) is 4.79 Å². The maximum Gasteiger partial charge on any atom is 0.249 e. The van der Waals surface area contributed by atoms with E-state index in [9.17, 15) is 9.90 Å². The quantitative estimate of drug-likeness (QED) is 0.792. The lowest BCUT2D eigenvalue weighted by Gasteiger charge is -2.28. The number of aliphatic hydroxyl groups excluding tert-OH is 1. The first kappa shape index (κ1) is 16.8. The number of rotatable bonds is 6. The zero-order valence-electron chi connectivity index (χ0n) is 13.4. The van der Waals surface area contributed by atoms with E-state index in [0.717, 1.165) is 44.9 Å². The van der Waals surface area contributed by atoms with Crippen LogP contribution in [0.5, 0.6) is 0 Å². The van der Waals surface area contributed by atoms with Crippen molar-refractivity contribution in [1.29, 1.82) is 0 Å². The van der Waals surface area contributed by atoms with Crippen LogP contribution >= 0.6 is 0 Å². The zero-order valence-corrected chi connectivity index (χ0v) is 13.4. The highest BCUT2D eigenvalue weighted by Crippen LogP contribution is 2.24. The third kappa shape index (κ3) is 5.59. The van der Waals surface area contributed by atoms with Gasteiger partial charge in [0.2, 0.25) is 5.91 Å². The second kappa shape index (κ2) is 8.74. The highest BCUT2D eigenvalue weighted by molar-refractivity contribution is 5.80. The Morgan fingerprint density at radius 2 is 1.95 bits per heavy atom. The molecule has 2 fully saturated rings. The van der Waals surface area contributed by atoms with E-state index >= 15 is 0 Å². The molecule has 1 amide bonds. The predicted octanol–water partition coefficient (Wildman–Crippen LogP) is 2.78. The first-order valence-corrected chi connectivity index (χ1v) is 8.80. The molecule has 0 aliphatic heterocycles. The van der Waals surface area contributed by atoms with E-state index in [4.69, 9.17) is 4.74 Å². The summed E-state index contributed by atoms with van der Waals surface area (Å²) in [5, 5.41) is 12.7. The van der Waals surface area contributed by atoms with Crippen LogP contribution in [-0.2, 0) is 9.53 Å². The van der Waals surface area contributed by atoms with Crippen LogP contribution in [0, 0.1) is 5.92 Å². The Balaban J connectivity index is 1.71. The van der Waals surface area contributed by atoms with E-state index in [1.54, 1.807) is 0 Å². The van der Waals surface area contributed by atoms with E-state index in [-0.39, 0.29) is 24.2 Å². The highest BCUT2D eigenvalue weighted by atomic mass is 16.5. The van der Waals surface area contributed by atoms with Gasteiger partial charge in [-0.2, -0.15) is 0 Å². The Labute approximate surface area is 128 Å². The van der Waals surface area contributed by atoms with Crippen LogP contribution in [0.15, 0.2) is 0 Å². The monoisotopic (exact) mass is 297 g/mol. The average molecular weight is 297 g/mol. The van der Waals surface area contributed by atoms with Crippen LogP contribution < -0.4 is 5.32 Å². The molecule has 0 saturated heterocycles. The van der Waals surface area contributed by atoms with Crippen molar-refractivity contribution in [2.45, 2.75) is 89.4 Å². The van der Waals surface area contributed by atoms with Crippen LogP contribution in [0.3, 0.4) is 0 Å². The Kier molecular flexibility index (Phi) is 6.97. The Bertz CT molecular complexity index is 315. The van der Waals surface area contributed by atoms with Gasteiger partial charge in [0.05, 0.1) is 12.2 Å². The third-order valence-electron chi connectivity index (χ3n) is 4.89. The molecule has 0 bridgehead atoms. The van der Waals surface area contributed by atoms with Gasteiger partial charge in [-0.05, 0) is 44.4 Å². The van der Waals surface area contributed by atoms with Crippen molar-refractivity contribution in [3.05, 3.63) is 0 Å². The minimum absolute atomic E-state index is 0.0307. The minimum Gasteiger partial charge on any atom is -0.393 e. The fourth-order valence-electron chi connectivity index (χ4n) is 3.58. The number of aliphatic hydroxyl groups is 1. The third-order valence-corrected chi connectivity index (χ3v) is 4.89. The van der Waals surface area contributed by atoms with E-state index in [1.807, 2.05) is 6.92 Å². The topological polar surface area (TPSA) is 58.6 Å². The van der Waals surface area contributed by atoms with Crippen molar-refractivity contribution in [2.24, 2.45) is 5.92 Å². The van der Waals surface area contributed by atoms with Crippen molar-refractivity contribution >= 4 is 5.91 Å². The fraction of sp³-hybridized carbons (Fsp3) is 0.941. The second-order valence-corrected chi connectivity index (χ2v) is 6.72. The lowest BCUT2D eigenvalue weighted by Crippen LogP contribution is -2.41. The summed E-state index contributed by atoms with van der Waals surface area (Å²) < 4.78 is 6.00. The van der Waals surface area contributed by atoms with Gasteiger partial charge < -0.3 is 15.2 Å². The molecule has 0 aromatic rings. The molecule has 0 spiro atoms. The maximum atomic E-state index is 12.3. The average Bonchev–Trinajstić information content (AvgIpc) is 2.51. The molecule has 2 N–H and O–H groups in total. The number of nitrogens with one attached hydrogen (secondary N) is 1. The molecule has 4 heteroatoms. The predicted molar refractivity (Wildman–Crippen MR) is 83.0 cm³/mol. The van der Waals surface area contributed by atoms with Gasteiger partial charge >= 0.3 is 0 Å². The van der Waals surface area contributed by atoms with Gasteiger partial charge in [-0.15, -0.1) is 0 Å². The molecule has 0 aromatic heterocycles. The number of hydrogen-bond acceptors (Lipinski definition) is 3. The first-order valence-electron chi connectivity index (χ1n) is 8.80. The number of carbonyl (C=O) groups excluding carboxylic acids is 1. The molecule has 0 heterocycles. The second-order valence-electron chi connectivity index (χ2n) is 6.72. The van der Waals surface area contributed by atoms with E-state index in [0.29, 0.717) is 12.5 Å². The molecule has 3 atom stereocenters. The van der Waals surface area contributed by atoms with Crippen molar-refractivity contribution in [3.63, 3.8) is 0 Å². The summed E-state index contributed by atoms with van der Waals surface area (Å²) in [6.07, 6.45) is 10.4. The van der Waals surface area contributed by atoms with Crippen LogP contribution in [0.1, 0.15) is 71.1 Å². The van der Waals surface area contributed by atoms with Crippen molar-refractivity contribution in [2.75, 3.05) is 6.54 Å². The summed E-state index contributed by atoms with van der Waals surface area (Å²) in [4.78, 5) is 12.3. The molecule has 2 aliphatic carbocycles. The largest absolute Gasteiger partial charge is 0.393 e. The summed E-state index contributed by atoms with van der Waals surface area (Å²) in [6.45, 7) is 2.69. The van der Waals surface area contributed by atoms with Crippen LogP contribution in [-0.4, -0.2) is 35.9 Å². The SMILES string of the molecule is CCC(OC1CCCCC1)C(=O)NCC1CCCC(O)C1. The number of hydrogen-bond donors (Lipinski definition) is 2. The Morgan fingerprint density at radius 3 is 2.62 bits per heavy atom. The van der Waals surface area contributed by atoms with Crippen LogP contribution in [0.2, 0.25) is 0 Å². The molecule has 122 valence electrons. The molecule has 2 saturated carbocycles. The summed E-state index contributed by atoms with van der Waals surface area (Å²) in [6, 6.07) is 0. The van der Waals surface area contributed by atoms with Crippen LogP contribution in [0.25, 0.3) is 0 Å². The van der Waals surface area contributed by atoms with E-state index in [1.165, 1.54) is 19.3 Å². The number of carbonyl (C=O) groups is 1. The highest BCUT2D eigenvalue weighted by Gasteiger charge is 2.25. The van der Waals surface area contributed by atoms with Gasteiger partial charge in [0, 0.05) is 6.54 Å². The van der Waals surface area contributed by atoms with Crippen LogP contribution in [0.4, 0.5) is 0 Å². The van der Waals surface area contributed by atoms with Gasteiger partial charge in [-0.1, -0.05) is 32.6 Å². The molecule has 0 aromatic carbocycles. The summed E-state index contributed by atoms with van der Waals surface area (Å²) >= 11 is 0. The molecule has 2 aliphatic rings. The Hall–Kier alpha value is -0.610. The molecule has 3 unspecified atom stereocenters. The maximum absolute atomic E-state index is 12.3. The van der Waals surface area contributed by atoms with Gasteiger partial charge in [0.25, 0.3) is 0 Å². The standard InChI is InChI=1S/C17H31NO3/c1-2-16(21-15-9-4-3-5-10-15)17(20)18-12-13-7-6-8-14(19)11-13/h13-16,19H,2-12H2,1H3,(H,18,20). The zero-order chi connectivity index (χ0) is 15.1. The molecule has 21 heavy (non-hydrogen) atoms. The van der Waals surface area contributed by atoms with Crippen molar-refractivity contribution in [3.8, 4) is 0 Å².